The van der Waals surface area contributed by atoms with E-state index in [1.165, 1.54) is 40.3 Å². The topological polar surface area (TPSA) is 37.3 Å². The minimum Gasteiger partial charge on any atom is -0.478 e. The summed E-state index contributed by atoms with van der Waals surface area (Å²) in [5, 5.41) is 10.6. The predicted molar refractivity (Wildman–Crippen MR) is 131 cm³/mol. The predicted octanol–water partition coefficient (Wildman–Crippen LogP) is 7.46. The maximum absolute atomic E-state index is 11.2. The minimum atomic E-state index is -1.66. The minimum absolute atomic E-state index is 0.182. The molecule has 0 aromatic heterocycles. The molecule has 3 heteroatoms. The standard InChI is InChI=1S/C27H36O2Si/c1-18-15-22-23(27(4,5)14-13-26(22,2)3)17-21(18)24(30(6,7)8)16-19-9-11-20(12-10-19)25(28)29/h9-12,15-17H,13-14H2,1-8H3,(H,28,29)/b24-16-. The van der Waals surface area contributed by atoms with Crippen LogP contribution in [0.15, 0.2) is 36.4 Å². The molecule has 160 valence electrons. The number of carboxylic acids is 1. The Morgan fingerprint density at radius 1 is 0.933 bits per heavy atom. The van der Waals surface area contributed by atoms with Gasteiger partial charge in [-0.2, -0.15) is 0 Å². The van der Waals surface area contributed by atoms with Crippen molar-refractivity contribution in [2.75, 3.05) is 0 Å². The number of rotatable bonds is 4. The molecule has 0 amide bonds. The van der Waals surface area contributed by atoms with Crippen molar-refractivity contribution in [1.29, 1.82) is 0 Å². The molecule has 2 nitrogen and oxygen atoms in total. The normalized spacial score (nSPS) is 18.1. The van der Waals surface area contributed by atoms with Gasteiger partial charge in [0.2, 0.25) is 0 Å². The van der Waals surface area contributed by atoms with Crippen LogP contribution in [0, 0.1) is 6.92 Å². The second-order valence-electron chi connectivity index (χ2n) is 11.2. The van der Waals surface area contributed by atoms with Crippen molar-refractivity contribution in [3.63, 3.8) is 0 Å². The fraction of sp³-hybridized carbons (Fsp3) is 0.444. The van der Waals surface area contributed by atoms with Gasteiger partial charge >= 0.3 is 5.97 Å². The zero-order chi connectivity index (χ0) is 22.5. The number of aromatic carboxylic acids is 1. The second-order valence-corrected chi connectivity index (χ2v) is 16.3. The lowest BCUT2D eigenvalue weighted by Crippen LogP contribution is -2.34. The molecule has 0 spiro atoms. The molecular formula is C27H36O2Si. The van der Waals surface area contributed by atoms with Gasteiger partial charge in [-0.25, -0.2) is 4.79 Å². The van der Waals surface area contributed by atoms with Crippen LogP contribution in [0.4, 0.5) is 0 Å². The second kappa shape index (κ2) is 7.53. The van der Waals surface area contributed by atoms with E-state index in [0.29, 0.717) is 5.56 Å². The quantitative estimate of drug-likeness (QED) is 0.412. The van der Waals surface area contributed by atoms with E-state index >= 15 is 0 Å². The Morgan fingerprint density at radius 2 is 1.43 bits per heavy atom. The van der Waals surface area contributed by atoms with Gasteiger partial charge in [0.1, 0.15) is 0 Å². The molecule has 0 saturated carbocycles. The molecule has 0 saturated heterocycles. The summed E-state index contributed by atoms with van der Waals surface area (Å²) in [5.41, 5.74) is 7.48. The van der Waals surface area contributed by atoms with Crippen molar-refractivity contribution in [1.82, 2.24) is 0 Å². The molecule has 1 aliphatic carbocycles. The number of hydrogen-bond donors (Lipinski definition) is 1. The lowest BCUT2D eigenvalue weighted by molar-refractivity contribution is 0.0697. The molecule has 0 unspecified atom stereocenters. The molecule has 0 bridgehead atoms. The van der Waals surface area contributed by atoms with Crippen LogP contribution in [0.2, 0.25) is 19.6 Å². The molecule has 1 N–H and O–H groups in total. The first-order chi connectivity index (χ1) is 13.7. The van der Waals surface area contributed by atoms with Crippen LogP contribution in [0.5, 0.6) is 0 Å². The number of carboxylic acid groups (broad SMARTS) is 1. The number of aryl methyl sites for hydroxylation is 1. The van der Waals surface area contributed by atoms with Gasteiger partial charge in [-0.3, -0.25) is 0 Å². The highest BCUT2D eigenvalue weighted by molar-refractivity contribution is 6.94. The number of carbonyl (C=O) groups is 1. The molecule has 2 aromatic carbocycles. The van der Waals surface area contributed by atoms with Crippen LogP contribution in [0.3, 0.4) is 0 Å². The van der Waals surface area contributed by atoms with E-state index in [4.69, 9.17) is 0 Å². The summed E-state index contributed by atoms with van der Waals surface area (Å²) in [7, 11) is -1.66. The zero-order valence-electron chi connectivity index (χ0n) is 19.8. The summed E-state index contributed by atoms with van der Waals surface area (Å²) in [6.45, 7) is 18.9. The highest BCUT2D eigenvalue weighted by Gasteiger charge is 2.38. The average Bonchev–Trinajstić information content (AvgIpc) is 2.63. The van der Waals surface area contributed by atoms with E-state index in [2.05, 4.69) is 72.5 Å². The molecule has 2 aromatic rings. The summed E-state index contributed by atoms with van der Waals surface area (Å²) in [6.07, 6.45) is 4.71. The Labute approximate surface area is 183 Å². The lowest BCUT2D eigenvalue weighted by atomic mass is 9.62. The van der Waals surface area contributed by atoms with Crippen LogP contribution < -0.4 is 0 Å². The van der Waals surface area contributed by atoms with Crippen molar-refractivity contribution in [2.45, 2.75) is 77.9 Å². The third-order valence-corrected chi connectivity index (χ3v) is 8.79. The molecule has 30 heavy (non-hydrogen) atoms. The maximum atomic E-state index is 11.2. The summed E-state index contributed by atoms with van der Waals surface area (Å²) < 4.78 is 0. The molecule has 0 fully saturated rings. The van der Waals surface area contributed by atoms with Gasteiger partial charge in [-0.15, -0.1) is 0 Å². The van der Waals surface area contributed by atoms with Gasteiger partial charge < -0.3 is 5.11 Å². The third-order valence-electron chi connectivity index (χ3n) is 6.76. The number of fused-ring (bicyclic) bond motifs is 1. The molecule has 0 heterocycles. The molecule has 0 atom stereocenters. The smallest absolute Gasteiger partial charge is 0.335 e. The number of benzene rings is 2. The Morgan fingerprint density at radius 3 is 1.90 bits per heavy atom. The first-order valence-electron chi connectivity index (χ1n) is 10.9. The summed E-state index contributed by atoms with van der Waals surface area (Å²) >= 11 is 0. The Bertz CT molecular complexity index is 1000. The molecule has 0 aliphatic heterocycles. The van der Waals surface area contributed by atoms with Crippen molar-refractivity contribution in [2.24, 2.45) is 0 Å². The third kappa shape index (κ3) is 4.32. The van der Waals surface area contributed by atoms with E-state index in [1.54, 1.807) is 12.1 Å². The van der Waals surface area contributed by atoms with Crippen LogP contribution in [-0.4, -0.2) is 19.1 Å². The van der Waals surface area contributed by atoms with Gasteiger partial charge in [-0.05, 0) is 70.5 Å². The van der Waals surface area contributed by atoms with Crippen molar-refractivity contribution >= 4 is 25.3 Å². The van der Waals surface area contributed by atoms with Crippen LogP contribution in [0.1, 0.15) is 78.7 Å². The van der Waals surface area contributed by atoms with Gasteiger partial charge in [-0.1, -0.05) is 82.9 Å². The zero-order valence-corrected chi connectivity index (χ0v) is 20.8. The van der Waals surface area contributed by atoms with E-state index < -0.39 is 14.0 Å². The summed E-state index contributed by atoms with van der Waals surface area (Å²) in [4.78, 5) is 11.2. The summed E-state index contributed by atoms with van der Waals surface area (Å²) in [6, 6.07) is 12.1. The van der Waals surface area contributed by atoms with Gasteiger partial charge in [0.15, 0.2) is 0 Å². The van der Waals surface area contributed by atoms with Crippen LogP contribution in [-0.2, 0) is 10.8 Å². The maximum Gasteiger partial charge on any atom is 0.335 e. The largest absolute Gasteiger partial charge is 0.478 e. The van der Waals surface area contributed by atoms with E-state index in [1.807, 2.05) is 12.1 Å². The Hall–Kier alpha value is -2.13. The monoisotopic (exact) mass is 420 g/mol. The number of hydrogen-bond acceptors (Lipinski definition) is 1. The summed E-state index contributed by atoms with van der Waals surface area (Å²) in [5.74, 6) is -0.883. The molecule has 1 aliphatic rings. The van der Waals surface area contributed by atoms with Crippen LogP contribution >= 0.6 is 0 Å². The highest BCUT2D eigenvalue weighted by atomic mass is 28.3. The van der Waals surface area contributed by atoms with Gasteiger partial charge in [0.05, 0.1) is 13.6 Å². The molecular weight excluding hydrogens is 384 g/mol. The lowest BCUT2D eigenvalue weighted by Gasteiger charge is -2.43. The van der Waals surface area contributed by atoms with Gasteiger partial charge in [0.25, 0.3) is 0 Å². The van der Waals surface area contributed by atoms with Crippen molar-refractivity contribution < 1.29 is 9.90 Å². The highest BCUT2D eigenvalue weighted by Crippen LogP contribution is 2.47. The van der Waals surface area contributed by atoms with Crippen molar-refractivity contribution in [3.8, 4) is 0 Å². The van der Waals surface area contributed by atoms with Crippen LogP contribution in [0.25, 0.3) is 11.3 Å². The fourth-order valence-corrected chi connectivity index (χ4v) is 6.28. The average molecular weight is 421 g/mol. The molecule has 0 radical (unpaired) electrons. The first-order valence-corrected chi connectivity index (χ1v) is 14.4. The van der Waals surface area contributed by atoms with E-state index in [9.17, 15) is 9.90 Å². The Kier molecular flexibility index (Phi) is 5.66. The first kappa shape index (κ1) is 22.5. The van der Waals surface area contributed by atoms with Crippen molar-refractivity contribution in [3.05, 3.63) is 69.8 Å². The van der Waals surface area contributed by atoms with E-state index in [-0.39, 0.29) is 10.8 Å². The fourth-order valence-electron chi connectivity index (χ4n) is 4.60. The van der Waals surface area contributed by atoms with Gasteiger partial charge in [0, 0.05) is 0 Å². The SMILES string of the molecule is Cc1cc2c(cc1/C(=C/c1ccc(C(=O)O)cc1)[Si](C)(C)C)C(C)(C)CCC2(C)C. The Balaban J connectivity index is 2.20. The molecule has 3 rings (SSSR count). The van der Waals surface area contributed by atoms with E-state index in [0.717, 1.165) is 5.56 Å².